The van der Waals surface area contributed by atoms with Crippen LogP contribution in [0.15, 0.2) is 18.3 Å². The molecule has 1 aliphatic rings. The third-order valence-corrected chi connectivity index (χ3v) is 4.09. The highest BCUT2D eigenvalue weighted by Gasteiger charge is 2.38. The van der Waals surface area contributed by atoms with Gasteiger partial charge in [0.25, 0.3) is 5.91 Å². The van der Waals surface area contributed by atoms with E-state index in [0.717, 1.165) is 11.4 Å². The molecule has 1 fully saturated rings. The van der Waals surface area contributed by atoms with Gasteiger partial charge >= 0.3 is 0 Å². The third-order valence-electron chi connectivity index (χ3n) is 4.09. The maximum atomic E-state index is 12.8. The average molecular weight is 317 g/mol. The Morgan fingerprint density at radius 3 is 2.83 bits per heavy atom. The van der Waals surface area contributed by atoms with E-state index < -0.39 is 0 Å². The van der Waals surface area contributed by atoms with E-state index in [1.807, 2.05) is 6.92 Å². The SMILES string of the molecule is COc1nc(C)ccc1C(=O)N1C[C@@H](OC)[C@H](c2cn[nH]n2)C1. The minimum absolute atomic E-state index is 0.00731. The second-order valence-corrected chi connectivity index (χ2v) is 5.50. The summed E-state index contributed by atoms with van der Waals surface area (Å²) in [6.45, 7) is 2.86. The first-order valence-electron chi connectivity index (χ1n) is 7.33. The molecule has 1 aliphatic heterocycles. The quantitative estimate of drug-likeness (QED) is 0.895. The highest BCUT2D eigenvalue weighted by atomic mass is 16.5. The van der Waals surface area contributed by atoms with Gasteiger partial charge in [0.15, 0.2) is 0 Å². The van der Waals surface area contributed by atoms with E-state index in [9.17, 15) is 4.79 Å². The van der Waals surface area contributed by atoms with Crippen LogP contribution < -0.4 is 4.74 Å². The lowest BCUT2D eigenvalue weighted by Gasteiger charge is -2.17. The van der Waals surface area contributed by atoms with Crippen molar-refractivity contribution in [2.45, 2.75) is 18.9 Å². The van der Waals surface area contributed by atoms with Gasteiger partial charge in [-0.1, -0.05) is 0 Å². The summed E-state index contributed by atoms with van der Waals surface area (Å²) in [5, 5.41) is 10.6. The van der Waals surface area contributed by atoms with Crippen LogP contribution in [-0.2, 0) is 4.74 Å². The van der Waals surface area contributed by atoms with E-state index in [0.29, 0.717) is 24.5 Å². The molecule has 1 saturated heterocycles. The number of ether oxygens (including phenoxy) is 2. The number of aromatic amines is 1. The molecule has 23 heavy (non-hydrogen) atoms. The van der Waals surface area contributed by atoms with Crippen LogP contribution in [0.4, 0.5) is 0 Å². The van der Waals surface area contributed by atoms with Crippen molar-refractivity contribution < 1.29 is 14.3 Å². The molecule has 0 bridgehead atoms. The predicted octanol–water partition coefficient (Wildman–Crippen LogP) is 0.771. The number of nitrogens with zero attached hydrogens (tertiary/aromatic N) is 4. The Morgan fingerprint density at radius 1 is 1.35 bits per heavy atom. The summed E-state index contributed by atoms with van der Waals surface area (Å²) in [6, 6.07) is 3.55. The molecule has 8 heteroatoms. The Labute approximate surface area is 133 Å². The minimum Gasteiger partial charge on any atom is -0.480 e. The Balaban J connectivity index is 1.84. The number of H-pyrrole nitrogens is 1. The zero-order chi connectivity index (χ0) is 16.4. The van der Waals surface area contributed by atoms with Crippen LogP contribution in [0, 0.1) is 6.92 Å². The second-order valence-electron chi connectivity index (χ2n) is 5.50. The first kappa shape index (κ1) is 15.4. The molecule has 0 unspecified atom stereocenters. The number of likely N-dealkylation sites (tertiary alicyclic amines) is 1. The van der Waals surface area contributed by atoms with Crippen molar-refractivity contribution in [3.8, 4) is 5.88 Å². The molecule has 8 nitrogen and oxygen atoms in total. The molecule has 1 N–H and O–H groups in total. The molecule has 0 aromatic carbocycles. The van der Waals surface area contributed by atoms with Crippen molar-refractivity contribution in [1.82, 2.24) is 25.3 Å². The van der Waals surface area contributed by atoms with Gasteiger partial charge in [0.1, 0.15) is 5.56 Å². The average Bonchev–Trinajstić information content (AvgIpc) is 3.22. The first-order valence-corrected chi connectivity index (χ1v) is 7.33. The molecule has 0 saturated carbocycles. The van der Waals surface area contributed by atoms with E-state index >= 15 is 0 Å². The highest BCUT2D eigenvalue weighted by molar-refractivity contribution is 5.96. The summed E-state index contributed by atoms with van der Waals surface area (Å²) in [5.74, 6) is 0.211. The zero-order valence-corrected chi connectivity index (χ0v) is 13.3. The van der Waals surface area contributed by atoms with Gasteiger partial charge in [-0.25, -0.2) is 4.98 Å². The summed E-state index contributed by atoms with van der Waals surface area (Å²) in [5.41, 5.74) is 2.05. The highest BCUT2D eigenvalue weighted by Crippen LogP contribution is 2.30. The van der Waals surface area contributed by atoms with Gasteiger partial charge < -0.3 is 14.4 Å². The van der Waals surface area contributed by atoms with Crippen molar-refractivity contribution in [2.75, 3.05) is 27.3 Å². The number of aromatic nitrogens is 4. The number of aryl methyl sites for hydroxylation is 1. The van der Waals surface area contributed by atoms with Crippen LogP contribution in [0.2, 0.25) is 0 Å². The zero-order valence-electron chi connectivity index (χ0n) is 13.3. The van der Waals surface area contributed by atoms with Crippen LogP contribution >= 0.6 is 0 Å². The Kier molecular flexibility index (Phi) is 4.24. The predicted molar refractivity (Wildman–Crippen MR) is 81.4 cm³/mol. The maximum Gasteiger partial charge on any atom is 0.259 e. The standard InChI is InChI=1S/C15H19N5O3/c1-9-4-5-10(14(17-9)23-3)15(21)20-7-11(13(8-20)22-2)12-6-16-19-18-12/h4-6,11,13H,7-8H2,1-3H3,(H,16,18,19)/t11-,13+/m0/s1. The number of pyridine rings is 1. The lowest BCUT2D eigenvalue weighted by Crippen LogP contribution is -2.30. The molecule has 0 radical (unpaired) electrons. The molecular formula is C15H19N5O3. The van der Waals surface area contributed by atoms with Gasteiger partial charge in [-0.05, 0) is 19.1 Å². The van der Waals surface area contributed by atoms with Crippen molar-refractivity contribution in [1.29, 1.82) is 0 Å². The van der Waals surface area contributed by atoms with Crippen LogP contribution in [0.5, 0.6) is 5.88 Å². The number of carbonyl (C=O) groups excluding carboxylic acids is 1. The molecule has 122 valence electrons. The molecule has 2 aromatic heterocycles. The van der Waals surface area contributed by atoms with Crippen molar-refractivity contribution in [3.05, 3.63) is 35.3 Å². The second kappa shape index (κ2) is 6.33. The molecule has 1 amide bonds. The number of hydrogen-bond donors (Lipinski definition) is 1. The van der Waals surface area contributed by atoms with Crippen LogP contribution in [0.25, 0.3) is 0 Å². The Bertz CT molecular complexity index is 688. The Hall–Kier alpha value is -2.48. The molecule has 3 heterocycles. The number of amides is 1. The lowest BCUT2D eigenvalue weighted by atomic mass is 10.0. The number of nitrogens with one attached hydrogen (secondary N) is 1. The fraction of sp³-hybridized carbons (Fsp3) is 0.467. The summed E-state index contributed by atoms with van der Waals surface area (Å²) in [4.78, 5) is 18.8. The van der Waals surface area contributed by atoms with Crippen LogP contribution in [-0.4, -0.2) is 64.6 Å². The molecule has 2 atom stereocenters. The summed E-state index contributed by atoms with van der Waals surface area (Å²) in [7, 11) is 3.15. The van der Waals surface area contributed by atoms with Gasteiger partial charge in [0.2, 0.25) is 5.88 Å². The minimum atomic E-state index is -0.123. The van der Waals surface area contributed by atoms with Crippen molar-refractivity contribution in [2.24, 2.45) is 0 Å². The molecule has 2 aromatic rings. The smallest absolute Gasteiger partial charge is 0.259 e. The van der Waals surface area contributed by atoms with Gasteiger partial charge in [-0.15, -0.1) is 0 Å². The van der Waals surface area contributed by atoms with Gasteiger partial charge in [0, 0.05) is 25.9 Å². The lowest BCUT2D eigenvalue weighted by molar-refractivity contribution is 0.0710. The third kappa shape index (κ3) is 2.89. The van der Waals surface area contributed by atoms with Crippen molar-refractivity contribution >= 4 is 5.91 Å². The summed E-state index contributed by atoms with van der Waals surface area (Å²) < 4.78 is 10.8. The van der Waals surface area contributed by atoms with E-state index in [2.05, 4.69) is 20.4 Å². The summed E-state index contributed by atoms with van der Waals surface area (Å²) in [6.07, 6.45) is 1.55. The first-order chi connectivity index (χ1) is 11.1. The van der Waals surface area contributed by atoms with E-state index in [1.54, 1.807) is 30.3 Å². The van der Waals surface area contributed by atoms with E-state index in [4.69, 9.17) is 9.47 Å². The number of rotatable bonds is 4. The van der Waals surface area contributed by atoms with Gasteiger partial charge in [-0.3, -0.25) is 4.79 Å². The molecular weight excluding hydrogens is 298 g/mol. The fourth-order valence-corrected chi connectivity index (χ4v) is 2.87. The van der Waals surface area contributed by atoms with Crippen molar-refractivity contribution in [3.63, 3.8) is 0 Å². The van der Waals surface area contributed by atoms with Crippen LogP contribution in [0.3, 0.4) is 0 Å². The molecule has 0 spiro atoms. The van der Waals surface area contributed by atoms with Gasteiger partial charge in [0.05, 0.1) is 31.0 Å². The monoisotopic (exact) mass is 317 g/mol. The number of carbonyl (C=O) groups is 1. The topological polar surface area (TPSA) is 93.2 Å². The Morgan fingerprint density at radius 2 is 2.17 bits per heavy atom. The largest absolute Gasteiger partial charge is 0.480 e. The maximum absolute atomic E-state index is 12.8. The number of hydrogen-bond acceptors (Lipinski definition) is 6. The van der Waals surface area contributed by atoms with Crippen LogP contribution in [0.1, 0.15) is 27.7 Å². The fourth-order valence-electron chi connectivity index (χ4n) is 2.87. The molecule has 3 rings (SSSR count). The summed E-state index contributed by atoms with van der Waals surface area (Å²) >= 11 is 0. The van der Waals surface area contributed by atoms with E-state index in [-0.39, 0.29) is 17.9 Å². The molecule has 0 aliphatic carbocycles. The van der Waals surface area contributed by atoms with E-state index in [1.165, 1.54) is 7.11 Å². The normalized spacial score (nSPS) is 20.7. The van der Waals surface area contributed by atoms with Gasteiger partial charge in [-0.2, -0.15) is 15.4 Å². The number of methoxy groups -OCH3 is 2.